The Morgan fingerprint density at radius 1 is 0.966 bits per heavy atom. The van der Waals surface area contributed by atoms with Crippen molar-refractivity contribution in [3.05, 3.63) is 84.7 Å². The zero-order valence-corrected chi connectivity index (χ0v) is 16.3. The number of imidazole rings is 1. The smallest absolute Gasteiger partial charge is 0.255 e. The van der Waals surface area contributed by atoms with E-state index in [1.807, 2.05) is 47.0 Å². The van der Waals surface area contributed by atoms with E-state index in [-0.39, 0.29) is 5.91 Å². The van der Waals surface area contributed by atoms with E-state index < -0.39 is 10.0 Å². The molecule has 2 aromatic carbocycles. The van der Waals surface area contributed by atoms with Gasteiger partial charge in [-0.05, 0) is 48.5 Å². The van der Waals surface area contributed by atoms with Crippen molar-refractivity contribution < 1.29 is 13.2 Å². The summed E-state index contributed by atoms with van der Waals surface area (Å²) in [4.78, 5) is 17.1. The van der Waals surface area contributed by atoms with Gasteiger partial charge in [-0.2, -0.15) is 0 Å². The number of fused-ring (bicyclic) bond motifs is 1. The maximum atomic E-state index is 12.7. The van der Waals surface area contributed by atoms with Crippen molar-refractivity contribution in [2.45, 2.75) is 0 Å². The highest BCUT2D eigenvalue weighted by Gasteiger charge is 2.11. The summed E-state index contributed by atoms with van der Waals surface area (Å²) in [5.74, 6) is -0.260. The zero-order chi connectivity index (χ0) is 20.4. The van der Waals surface area contributed by atoms with Crippen LogP contribution in [0.15, 0.2) is 79.1 Å². The fourth-order valence-electron chi connectivity index (χ4n) is 3.00. The number of aromatic nitrogens is 2. The molecule has 0 aliphatic rings. The van der Waals surface area contributed by atoms with E-state index in [0.717, 1.165) is 23.2 Å². The van der Waals surface area contributed by atoms with E-state index >= 15 is 0 Å². The van der Waals surface area contributed by atoms with Crippen LogP contribution in [0, 0.1) is 0 Å². The standard InChI is InChI=1S/C21H18N4O3S/c1-29(27,28)24-18-10-8-17(9-11-18)23-21(26)16-6-4-5-15(13-16)19-14-22-20-7-2-3-12-25(19)20/h2-14,24H,1H3,(H,23,26). The third-order valence-electron chi connectivity index (χ3n) is 4.28. The van der Waals surface area contributed by atoms with E-state index in [1.165, 1.54) is 0 Å². The van der Waals surface area contributed by atoms with Gasteiger partial charge < -0.3 is 5.32 Å². The predicted molar refractivity (Wildman–Crippen MR) is 113 cm³/mol. The minimum atomic E-state index is -3.34. The van der Waals surface area contributed by atoms with Gasteiger partial charge in [-0.3, -0.25) is 13.9 Å². The topological polar surface area (TPSA) is 92.6 Å². The maximum Gasteiger partial charge on any atom is 0.255 e. The molecule has 0 fully saturated rings. The van der Waals surface area contributed by atoms with E-state index in [2.05, 4.69) is 15.0 Å². The first kappa shape index (κ1) is 18.7. The lowest BCUT2D eigenvalue weighted by Gasteiger charge is -2.09. The molecule has 0 saturated heterocycles. The molecule has 0 atom stereocenters. The Kier molecular flexibility index (Phi) is 4.77. The Balaban J connectivity index is 1.55. The van der Waals surface area contributed by atoms with Crippen molar-refractivity contribution >= 4 is 33.0 Å². The van der Waals surface area contributed by atoms with Gasteiger partial charge in [0.1, 0.15) is 5.65 Å². The fraction of sp³-hybridized carbons (Fsp3) is 0.0476. The van der Waals surface area contributed by atoms with Crippen molar-refractivity contribution in [3.63, 3.8) is 0 Å². The molecular formula is C21H18N4O3S. The number of hydrogen-bond acceptors (Lipinski definition) is 4. The summed E-state index contributed by atoms with van der Waals surface area (Å²) in [5, 5.41) is 2.82. The van der Waals surface area contributed by atoms with Crippen LogP contribution in [0.5, 0.6) is 0 Å². The van der Waals surface area contributed by atoms with Crippen molar-refractivity contribution in [2.24, 2.45) is 0 Å². The summed E-state index contributed by atoms with van der Waals surface area (Å²) in [5.41, 5.74) is 4.11. The molecule has 1 amide bonds. The SMILES string of the molecule is CS(=O)(=O)Nc1ccc(NC(=O)c2cccc(-c3cnc4ccccn34)c2)cc1. The number of benzene rings is 2. The van der Waals surface area contributed by atoms with Crippen LogP contribution >= 0.6 is 0 Å². The van der Waals surface area contributed by atoms with Crippen LogP contribution in [-0.2, 0) is 10.0 Å². The van der Waals surface area contributed by atoms with Gasteiger partial charge in [-0.25, -0.2) is 13.4 Å². The van der Waals surface area contributed by atoms with Gasteiger partial charge in [-0.15, -0.1) is 0 Å². The van der Waals surface area contributed by atoms with Crippen LogP contribution in [0.1, 0.15) is 10.4 Å². The highest BCUT2D eigenvalue weighted by atomic mass is 32.2. The molecule has 0 radical (unpaired) electrons. The number of hydrogen-bond donors (Lipinski definition) is 2. The average molecular weight is 406 g/mol. The van der Waals surface area contributed by atoms with Gasteiger partial charge in [0.2, 0.25) is 10.0 Å². The Hall–Kier alpha value is -3.65. The average Bonchev–Trinajstić information content (AvgIpc) is 3.13. The molecule has 2 aromatic heterocycles. The van der Waals surface area contributed by atoms with Crippen molar-refractivity contribution in [3.8, 4) is 11.3 Å². The Labute approximate surface area is 168 Å². The molecular weight excluding hydrogens is 388 g/mol. The van der Waals surface area contributed by atoms with E-state index in [4.69, 9.17) is 0 Å². The zero-order valence-electron chi connectivity index (χ0n) is 15.5. The minimum absolute atomic E-state index is 0.260. The highest BCUT2D eigenvalue weighted by molar-refractivity contribution is 7.92. The monoisotopic (exact) mass is 406 g/mol. The number of nitrogens with one attached hydrogen (secondary N) is 2. The van der Waals surface area contributed by atoms with Crippen molar-refractivity contribution in [1.29, 1.82) is 0 Å². The van der Waals surface area contributed by atoms with Gasteiger partial charge in [0.25, 0.3) is 5.91 Å². The molecule has 146 valence electrons. The van der Waals surface area contributed by atoms with Gasteiger partial charge in [0.05, 0.1) is 18.1 Å². The number of anilines is 2. The molecule has 0 saturated carbocycles. The molecule has 0 spiro atoms. The van der Waals surface area contributed by atoms with Crippen molar-refractivity contribution in [2.75, 3.05) is 16.3 Å². The summed E-state index contributed by atoms with van der Waals surface area (Å²) < 4.78 is 26.9. The van der Waals surface area contributed by atoms with Crippen molar-refractivity contribution in [1.82, 2.24) is 9.38 Å². The number of carbonyl (C=O) groups excluding carboxylic acids is 1. The predicted octanol–water partition coefficient (Wildman–Crippen LogP) is 3.63. The van der Waals surface area contributed by atoms with E-state index in [9.17, 15) is 13.2 Å². The summed E-state index contributed by atoms with van der Waals surface area (Å²) in [6.45, 7) is 0. The summed E-state index contributed by atoms with van der Waals surface area (Å²) in [6, 6.07) is 19.5. The minimum Gasteiger partial charge on any atom is -0.322 e. The number of pyridine rings is 1. The third-order valence-corrected chi connectivity index (χ3v) is 4.89. The summed E-state index contributed by atoms with van der Waals surface area (Å²) in [6.07, 6.45) is 4.79. The third kappa shape index (κ3) is 4.27. The van der Waals surface area contributed by atoms with Crippen LogP contribution < -0.4 is 10.0 Å². The van der Waals surface area contributed by atoms with Crippen LogP contribution in [0.3, 0.4) is 0 Å². The number of sulfonamides is 1. The highest BCUT2D eigenvalue weighted by Crippen LogP contribution is 2.22. The summed E-state index contributed by atoms with van der Waals surface area (Å²) >= 11 is 0. The lowest BCUT2D eigenvalue weighted by atomic mass is 10.1. The van der Waals surface area contributed by atoms with Gasteiger partial charge in [0.15, 0.2) is 0 Å². The first-order valence-electron chi connectivity index (χ1n) is 8.81. The van der Waals surface area contributed by atoms with Crippen LogP contribution in [0.2, 0.25) is 0 Å². The van der Waals surface area contributed by atoms with Gasteiger partial charge in [0, 0.05) is 28.7 Å². The fourth-order valence-corrected chi connectivity index (χ4v) is 3.57. The quantitative estimate of drug-likeness (QED) is 0.529. The van der Waals surface area contributed by atoms with Crippen LogP contribution in [-0.4, -0.2) is 30.0 Å². The number of carbonyl (C=O) groups is 1. The first-order chi connectivity index (χ1) is 13.9. The molecule has 2 N–H and O–H groups in total. The van der Waals surface area contributed by atoms with Gasteiger partial charge in [-0.1, -0.05) is 18.2 Å². The Morgan fingerprint density at radius 2 is 1.72 bits per heavy atom. The molecule has 2 heterocycles. The largest absolute Gasteiger partial charge is 0.322 e. The second-order valence-electron chi connectivity index (χ2n) is 6.56. The Morgan fingerprint density at radius 3 is 2.48 bits per heavy atom. The normalized spacial score (nSPS) is 11.3. The van der Waals surface area contributed by atoms with E-state index in [1.54, 1.807) is 36.5 Å². The van der Waals surface area contributed by atoms with Crippen LogP contribution in [0.25, 0.3) is 16.9 Å². The molecule has 0 unspecified atom stereocenters. The molecule has 7 nitrogen and oxygen atoms in total. The summed E-state index contributed by atoms with van der Waals surface area (Å²) in [7, 11) is -3.34. The second kappa shape index (κ2) is 7.40. The molecule has 0 aliphatic heterocycles. The molecule has 0 bridgehead atoms. The number of nitrogens with zero attached hydrogens (tertiary/aromatic N) is 2. The molecule has 8 heteroatoms. The number of amides is 1. The molecule has 4 rings (SSSR count). The maximum absolute atomic E-state index is 12.7. The lowest BCUT2D eigenvalue weighted by molar-refractivity contribution is 0.102. The molecule has 4 aromatic rings. The lowest BCUT2D eigenvalue weighted by Crippen LogP contribution is -2.12. The second-order valence-corrected chi connectivity index (χ2v) is 8.31. The molecule has 0 aliphatic carbocycles. The Bertz CT molecular complexity index is 1300. The van der Waals surface area contributed by atoms with Gasteiger partial charge >= 0.3 is 0 Å². The first-order valence-corrected chi connectivity index (χ1v) is 10.7. The van der Waals surface area contributed by atoms with Crippen LogP contribution in [0.4, 0.5) is 11.4 Å². The number of rotatable bonds is 5. The molecule has 29 heavy (non-hydrogen) atoms. The van der Waals surface area contributed by atoms with E-state index in [0.29, 0.717) is 16.9 Å².